The van der Waals surface area contributed by atoms with Crippen molar-refractivity contribution < 1.29 is 23.2 Å². The zero-order valence-corrected chi connectivity index (χ0v) is 21.7. The normalized spacial score (nSPS) is 21.5. The maximum atomic E-state index is 13.0. The Morgan fingerprint density at radius 3 is 2.73 bits per heavy atom. The van der Waals surface area contributed by atoms with Gasteiger partial charge in [0.2, 0.25) is 14.2 Å². The lowest BCUT2D eigenvalue weighted by atomic mass is 10.0. The van der Waals surface area contributed by atoms with Crippen molar-refractivity contribution in [1.82, 2.24) is 10.2 Å². The van der Waals surface area contributed by atoms with E-state index in [1.54, 1.807) is 28.8 Å². The minimum absolute atomic E-state index is 0.0933. The molecule has 0 radical (unpaired) electrons. The predicted molar refractivity (Wildman–Crippen MR) is 126 cm³/mol. The van der Waals surface area contributed by atoms with Crippen molar-refractivity contribution in [2.45, 2.75) is 44.2 Å². The Bertz CT molecular complexity index is 852. The van der Waals surface area contributed by atoms with Gasteiger partial charge >= 0.3 is 5.97 Å². The van der Waals surface area contributed by atoms with Gasteiger partial charge in [0.15, 0.2) is 5.76 Å². The molecule has 2 aliphatic rings. The quantitative estimate of drug-likeness (QED) is 0.445. The van der Waals surface area contributed by atoms with Gasteiger partial charge in [-0.3, -0.25) is 14.5 Å². The Morgan fingerprint density at radius 1 is 1.40 bits per heavy atom. The molecule has 30 heavy (non-hydrogen) atoms. The Labute approximate surface area is 188 Å². The molecule has 7 nitrogen and oxygen atoms in total. The molecule has 1 aromatic heterocycles. The van der Waals surface area contributed by atoms with E-state index in [1.165, 1.54) is 6.26 Å². The number of carbonyl (C=O) groups is 3. The summed E-state index contributed by atoms with van der Waals surface area (Å²) in [5.74, 6) is 0.626. The van der Waals surface area contributed by atoms with Crippen molar-refractivity contribution >= 4 is 57.6 Å². The average Bonchev–Trinajstić information content (AvgIpc) is 3.18. The highest BCUT2D eigenvalue weighted by atomic mass is 32.2. The molecule has 1 saturated heterocycles. The average molecular weight is 485 g/mol. The van der Waals surface area contributed by atoms with Crippen LogP contribution < -0.4 is 5.32 Å². The molecule has 3 heterocycles. The van der Waals surface area contributed by atoms with Crippen LogP contribution in [0.15, 0.2) is 34.1 Å². The highest BCUT2D eigenvalue weighted by Gasteiger charge is 2.53. The van der Waals surface area contributed by atoms with Gasteiger partial charge in [-0.15, -0.1) is 11.8 Å². The zero-order chi connectivity index (χ0) is 22.1. The molecule has 0 saturated carbocycles. The van der Waals surface area contributed by atoms with Gasteiger partial charge in [0.25, 0.3) is 5.12 Å². The third kappa shape index (κ3) is 5.31. The van der Waals surface area contributed by atoms with Crippen LogP contribution in [0.3, 0.4) is 0 Å². The van der Waals surface area contributed by atoms with E-state index in [0.717, 1.165) is 23.5 Å². The van der Waals surface area contributed by atoms with Crippen molar-refractivity contribution in [2.24, 2.45) is 0 Å². The van der Waals surface area contributed by atoms with Crippen LogP contribution in [-0.4, -0.2) is 68.1 Å². The summed E-state index contributed by atoms with van der Waals surface area (Å²) in [4.78, 5) is 39.8. The fourth-order valence-electron chi connectivity index (χ4n) is 3.15. The minimum atomic E-state index is -2.15. The SMILES string of the molecule is C[SiH](C)CNC1C(=O)N2C(C(=O)O[Si](C)(C)C)=C(CSC(=O)c3ccco3)CSC12. The molecular formula is C19H28N2O5S2Si2. The van der Waals surface area contributed by atoms with Crippen LogP contribution in [0.5, 0.6) is 0 Å². The van der Waals surface area contributed by atoms with E-state index in [-0.39, 0.29) is 28.2 Å². The summed E-state index contributed by atoms with van der Waals surface area (Å²) in [7, 11) is -2.99. The topological polar surface area (TPSA) is 88.9 Å². The third-order valence-electron chi connectivity index (χ3n) is 4.49. The smallest absolute Gasteiger partial charge is 0.341 e. The van der Waals surface area contributed by atoms with Gasteiger partial charge in [-0.05, 0) is 43.5 Å². The first-order chi connectivity index (χ1) is 14.1. The number of amides is 1. The largest absolute Gasteiger partial charge is 0.515 e. The van der Waals surface area contributed by atoms with Crippen molar-refractivity contribution in [2.75, 3.05) is 17.7 Å². The molecule has 0 bridgehead atoms. The molecule has 2 atom stereocenters. The number of rotatable bonds is 8. The van der Waals surface area contributed by atoms with Crippen LogP contribution in [0, 0.1) is 0 Å². The molecule has 3 rings (SSSR count). The Hall–Kier alpha value is -1.28. The molecule has 2 aliphatic heterocycles. The van der Waals surface area contributed by atoms with Gasteiger partial charge in [0.05, 0.1) is 6.26 Å². The Balaban J connectivity index is 1.80. The van der Waals surface area contributed by atoms with Crippen molar-refractivity contribution in [3.05, 3.63) is 35.4 Å². The molecule has 1 N–H and O–H groups in total. The fourth-order valence-corrected chi connectivity index (χ4v) is 6.83. The second-order valence-electron chi connectivity index (χ2n) is 8.70. The summed E-state index contributed by atoms with van der Waals surface area (Å²) in [6, 6.07) is 3.01. The van der Waals surface area contributed by atoms with E-state index in [0.29, 0.717) is 17.2 Å². The lowest BCUT2D eigenvalue weighted by Crippen LogP contribution is -2.70. The van der Waals surface area contributed by atoms with Crippen LogP contribution in [-0.2, 0) is 14.0 Å². The molecule has 11 heteroatoms. The van der Waals surface area contributed by atoms with E-state index in [2.05, 4.69) is 18.4 Å². The first kappa shape index (κ1) is 23.4. The second-order valence-corrected chi connectivity index (χ2v) is 18.4. The summed E-state index contributed by atoms with van der Waals surface area (Å²) in [5, 5.41) is 3.06. The summed E-state index contributed by atoms with van der Waals surface area (Å²) < 4.78 is 10.9. The fraction of sp³-hybridized carbons (Fsp3) is 0.526. The van der Waals surface area contributed by atoms with Gasteiger partial charge in [-0.1, -0.05) is 24.9 Å². The summed E-state index contributed by atoms with van der Waals surface area (Å²) >= 11 is 2.70. The number of furan rings is 1. The Morgan fingerprint density at radius 2 is 2.13 bits per heavy atom. The maximum Gasteiger partial charge on any atom is 0.341 e. The first-order valence-corrected chi connectivity index (χ1v) is 18.5. The summed E-state index contributed by atoms with van der Waals surface area (Å²) in [5.41, 5.74) is 1.08. The number of hydrogen-bond acceptors (Lipinski definition) is 8. The highest BCUT2D eigenvalue weighted by molar-refractivity contribution is 8.14. The summed E-state index contributed by atoms with van der Waals surface area (Å²) in [6.45, 7) is 10.3. The van der Waals surface area contributed by atoms with Crippen LogP contribution in [0.1, 0.15) is 10.6 Å². The number of hydrogen-bond donors (Lipinski definition) is 1. The van der Waals surface area contributed by atoms with Gasteiger partial charge in [0.1, 0.15) is 17.1 Å². The van der Waals surface area contributed by atoms with Crippen molar-refractivity contribution in [3.63, 3.8) is 0 Å². The molecule has 1 aromatic rings. The van der Waals surface area contributed by atoms with Crippen LogP contribution in [0.2, 0.25) is 32.7 Å². The standard InChI is InChI=1S/C19H28N2O5S2Si2/c1-29(2)11-20-14-16(22)21-15(18(23)26-30(3,4)5)12(9-27-17(14)21)10-28-19(24)13-7-6-8-25-13/h6-8,14,17,20,29H,9-11H2,1-5H3. The lowest BCUT2D eigenvalue weighted by molar-refractivity contribution is -0.148. The van der Waals surface area contributed by atoms with E-state index >= 15 is 0 Å². The molecule has 0 spiro atoms. The van der Waals surface area contributed by atoms with E-state index in [4.69, 9.17) is 8.84 Å². The van der Waals surface area contributed by atoms with Gasteiger partial charge in [-0.25, -0.2) is 4.79 Å². The zero-order valence-electron chi connectivity index (χ0n) is 17.9. The van der Waals surface area contributed by atoms with Crippen molar-refractivity contribution in [1.29, 1.82) is 0 Å². The molecular weight excluding hydrogens is 457 g/mol. The molecule has 2 unspecified atom stereocenters. The van der Waals surface area contributed by atoms with Crippen LogP contribution in [0.4, 0.5) is 0 Å². The van der Waals surface area contributed by atoms with E-state index < -0.39 is 23.1 Å². The maximum absolute atomic E-state index is 13.0. The first-order valence-electron chi connectivity index (χ1n) is 9.92. The Kier molecular flexibility index (Phi) is 7.38. The predicted octanol–water partition coefficient (Wildman–Crippen LogP) is 2.68. The van der Waals surface area contributed by atoms with Gasteiger partial charge in [-0.2, -0.15) is 0 Å². The number of β-lactam (4-membered cyclic amide) rings is 1. The molecule has 1 amide bonds. The van der Waals surface area contributed by atoms with Gasteiger partial charge in [0, 0.05) is 20.3 Å². The number of thioether (sulfide) groups is 2. The minimum Gasteiger partial charge on any atom is -0.515 e. The number of nitrogens with zero attached hydrogens (tertiary/aromatic N) is 1. The third-order valence-corrected chi connectivity index (χ3v) is 8.63. The summed E-state index contributed by atoms with van der Waals surface area (Å²) in [6.07, 6.45) is 2.33. The molecule has 0 aromatic carbocycles. The van der Waals surface area contributed by atoms with Crippen LogP contribution in [0.25, 0.3) is 0 Å². The second kappa shape index (κ2) is 9.47. The van der Waals surface area contributed by atoms with Crippen molar-refractivity contribution in [3.8, 4) is 0 Å². The van der Waals surface area contributed by atoms with E-state index in [1.807, 2.05) is 19.6 Å². The lowest BCUT2D eigenvalue weighted by Gasteiger charge is -2.50. The van der Waals surface area contributed by atoms with Gasteiger partial charge < -0.3 is 14.2 Å². The van der Waals surface area contributed by atoms with Crippen LogP contribution >= 0.6 is 23.5 Å². The number of nitrogens with one attached hydrogen (secondary N) is 1. The van der Waals surface area contributed by atoms with E-state index in [9.17, 15) is 14.4 Å². The monoisotopic (exact) mass is 484 g/mol. The highest BCUT2D eigenvalue weighted by Crippen LogP contribution is 2.41. The molecule has 164 valence electrons. The molecule has 0 aliphatic carbocycles. The molecule has 1 fully saturated rings. The number of carbonyl (C=O) groups excluding carboxylic acids is 3. The number of fused-ring (bicyclic) bond motifs is 1.